The summed E-state index contributed by atoms with van der Waals surface area (Å²) in [5.41, 5.74) is 1.05. The van der Waals surface area contributed by atoms with Crippen molar-refractivity contribution < 1.29 is 18.7 Å². The fraction of sp³-hybridized carbons (Fsp3) is 0.444. The fourth-order valence-corrected chi connectivity index (χ4v) is 3.22. The van der Waals surface area contributed by atoms with Crippen LogP contribution in [0.2, 0.25) is 0 Å². The van der Waals surface area contributed by atoms with E-state index in [2.05, 4.69) is 15.1 Å². The van der Waals surface area contributed by atoms with Crippen LogP contribution in [0.25, 0.3) is 0 Å². The molecule has 0 atom stereocenters. The number of H-pyrrole nitrogens is 1. The third-order valence-electron chi connectivity index (χ3n) is 4.75. The zero-order chi connectivity index (χ0) is 17.9. The molecular weight excluding hydrogens is 339 g/mol. The molecule has 0 bridgehead atoms. The topological polar surface area (TPSA) is 70.7 Å². The molecule has 2 aliphatic heterocycles. The lowest BCUT2D eigenvalue weighted by molar-refractivity contribution is -0.0257. The number of ether oxygens (including phenoxy) is 2. The highest BCUT2D eigenvalue weighted by Crippen LogP contribution is 2.19. The number of carbonyl (C=O) groups excluding carboxylic acids is 1. The Hall–Kier alpha value is -2.45. The van der Waals surface area contributed by atoms with Gasteiger partial charge in [0.2, 0.25) is 0 Å². The van der Waals surface area contributed by atoms with Gasteiger partial charge in [0.15, 0.2) is 5.69 Å². The second kappa shape index (κ2) is 7.43. The van der Waals surface area contributed by atoms with Crippen LogP contribution in [0.4, 0.5) is 4.39 Å². The lowest BCUT2D eigenvalue weighted by Crippen LogP contribution is -2.62. The van der Waals surface area contributed by atoms with E-state index in [9.17, 15) is 9.18 Å². The molecule has 0 unspecified atom stereocenters. The number of likely N-dealkylation sites (tertiary alicyclic amines) is 1. The minimum absolute atomic E-state index is 0.0808. The second-order valence-corrected chi connectivity index (χ2v) is 6.54. The van der Waals surface area contributed by atoms with E-state index in [1.165, 1.54) is 12.1 Å². The maximum Gasteiger partial charge on any atom is 0.274 e. The highest BCUT2D eigenvalue weighted by atomic mass is 19.1. The highest BCUT2D eigenvalue weighted by Gasteiger charge is 2.36. The van der Waals surface area contributed by atoms with Crippen LogP contribution in [-0.4, -0.2) is 71.3 Å². The number of nitrogens with one attached hydrogen (secondary N) is 1. The molecule has 7 nitrogen and oxygen atoms in total. The molecule has 3 heterocycles. The molecule has 0 saturated carbocycles. The Balaban J connectivity index is 1.28. The number of halogens is 1. The summed E-state index contributed by atoms with van der Waals surface area (Å²) in [5.74, 6) is 0.00178. The lowest BCUT2D eigenvalue weighted by atomic mass is 10.1. The molecular formula is C18H21FN4O3. The predicted molar refractivity (Wildman–Crippen MR) is 91.4 cm³/mol. The molecule has 0 aliphatic carbocycles. The molecule has 8 heteroatoms. The average Bonchev–Trinajstić information content (AvgIpc) is 3.09. The van der Waals surface area contributed by atoms with Crippen molar-refractivity contribution in [2.45, 2.75) is 12.6 Å². The SMILES string of the molecule is O=C(c1cc(COc2cccc(F)c2)[nH]n1)N1CC(N2CCOCC2)C1. The first kappa shape index (κ1) is 17.0. The molecule has 1 amide bonds. The molecule has 1 aromatic carbocycles. The van der Waals surface area contributed by atoms with Gasteiger partial charge in [-0.05, 0) is 18.2 Å². The van der Waals surface area contributed by atoms with E-state index in [1.54, 1.807) is 23.1 Å². The van der Waals surface area contributed by atoms with Gasteiger partial charge in [0.05, 0.1) is 18.9 Å². The molecule has 2 saturated heterocycles. The molecule has 1 aromatic heterocycles. The van der Waals surface area contributed by atoms with Crippen LogP contribution in [0, 0.1) is 5.82 Å². The minimum atomic E-state index is -0.351. The van der Waals surface area contributed by atoms with Crippen LogP contribution in [-0.2, 0) is 11.3 Å². The highest BCUT2D eigenvalue weighted by molar-refractivity contribution is 5.93. The number of rotatable bonds is 5. The molecule has 0 spiro atoms. The molecule has 2 aromatic rings. The molecule has 0 radical (unpaired) electrons. The summed E-state index contributed by atoms with van der Waals surface area (Å²) in [5, 5.41) is 6.89. The summed E-state index contributed by atoms with van der Waals surface area (Å²) in [6.07, 6.45) is 0. The number of aromatic nitrogens is 2. The van der Waals surface area contributed by atoms with Gasteiger partial charge in [-0.1, -0.05) is 6.07 Å². The number of carbonyl (C=O) groups is 1. The van der Waals surface area contributed by atoms with Gasteiger partial charge in [0.1, 0.15) is 18.2 Å². The van der Waals surface area contributed by atoms with Crippen LogP contribution >= 0.6 is 0 Å². The lowest BCUT2D eigenvalue weighted by Gasteiger charge is -2.46. The summed E-state index contributed by atoms with van der Waals surface area (Å²) >= 11 is 0. The molecule has 1 N–H and O–H groups in total. The van der Waals surface area contributed by atoms with Crippen molar-refractivity contribution in [2.75, 3.05) is 39.4 Å². The predicted octanol–water partition coefficient (Wildman–Crippen LogP) is 1.28. The van der Waals surface area contributed by atoms with E-state index in [0.29, 0.717) is 23.2 Å². The van der Waals surface area contributed by atoms with Crippen molar-refractivity contribution in [2.24, 2.45) is 0 Å². The number of benzene rings is 1. The number of aromatic amines is 1. The van der Waals surface area contributed by atoms with Crippen molar-refractivity contribution in [1.29, 1.82) is 0 Å². The summed E-state index contributed by atoms with van der Waals surface area (Å²) in [4.78, 5) is 16.7. The van der Waals surface area contributed by atoms with Crippen LogP contribution in [0.3, 0.4) is 0 Å². The van der Waals surface area contributed by atoms with Gasteiger partial charge in [0.25, 0.3) is 5.91 Å². The Morgan fingerprint density at radius 1 is 1.31 bits per heavy atom. The number of morpholine rings is 1. The van der Waals surface area contributed by atoms with Crippen LogP contribution in [0.5, 0.6) is 5.75 Å². The second-order valence-electron chi connectivity index (χ2n) is 6.54. The number of hydrogen-bond donors (Lipinski definition) is 1. The monoisotopic (exact) mass is 360 g/mol. The van der Waals surface area contributed by atoms with Crippen molar-refractivity contribution in [3.63, 3.8) is 0 Å². The van der Waals surface area contributed by atoms with Crippen LogP contribution in [0.15, 0.2) is 30.3 Å². The maximum atomic E-state index is 13.1. The summed E-state index contributed by atoms with van der Waals surface area (Å²) in [6.45, 7) is 5.02. The van der Waals surface area contributed by atoms with Gasteiger partial charge < -0.3 is 14.4 Å². The van der Waals surface area contributed by atoms with E-state index < -0.39 is 0 Å². The normalized spacial score (nSPS) is 18.6. The van der Waals surface area contributed by atoms with Crippen molar-refractivity contribution in [1.82, 2.24) is 20.0 Å². The standard InChI is InChI=1S/C18H21FN4O3/c19-13-2-1-3-16(8-13)26-12-14-9-17(21-20-14)18(24)23-10-15(11-23)22-4-6-25-7-5-22/h1-3,8-9,15H,4-7,10-12H2,(H,20,21). The Labute approximate surface area is 150 Å². The first-order chi connectivity index (χ1) is 12.7. The molecule has 2 aliphatic rings. The Morgan fingerprint density at radius 3 is 2.88 bits per heavy atom. The third-order valence-corrected chi connectivity index (χ3v) is 4.75. The number of hydrogen-bond acceptors (Lipinski definition) is 5. The summed E-state index contributed by atoms with van der Waals surface area (Å²) < 4.78 is 24.0. The summed E-state index contributed by atoms with van der Waals surface area (Å²) in [6, 6.07) is 8.03. The third kappa shape index (κ3) is 3.71. The Morgan fingerprint density at radius 2 is 2.12 bits per heavy atom. The average molecular weight is 360 g/mol. The Bertz CT molecular complexity index is 769. The first-order valence-electron chi connectivity index (χ1n) is 8.73. The van der Waals surface area contributed by atoms with Crippen molar-refractivity contribution >= 4 is 5.91 Å². The minimum Gasteiger partial charge on any atom is -0.487 e. The number of amides is 1. The van der Waals surface area contributed by atoms with Gasteiger partial charge in [-0.15, -0.1) is 0 Å². The van der Waals surface area contributed by atoms with Gasteiger partial charge in [-0.25, -0.2) is 4.39 Å². The van der Waals surface area contributed by atoms with Gasteiger partial charge in [-0.2, -0.15) is 5.10 Å². The Kier molecular flexibility index (Phi) is 4.85. The molecule has 138 valence electrons. The van der Waals surface area contributed by atoms with E-state index in [4.69, 9.17) is 9.47 Å². The quantitative estimate of drug-likeness (QED) is 0.870. The van der Waals surface area contributed by atoms with Crippen LogP contribution in [0.1, 0.15) is 16.2 Å². The van der Waals surface area contributed by atoms with Crippen molar-refractivity contribution in [3.05, 3.63) is 47.5 Å². The van der Waals surface area contributed by atoms with E-state index in [1.807, 2.05) is 0 Å². The van der Waals surface area contributed by atoms with E-state index in [-0.39, 0.29) is 18.3 Å². The zero-order valence-electron chi connectivity index (χ0n) is 14.4. The van der Waals surface area contributed by atoms with Gasteiger partial charge in [-0.3, -0.25) is 14.8 Å². The van der Waals surface area contributed by atoms with Crippen LogP contribution < -0.4 is 4.74 Å². The smallest absolute Gasteiger partial charge is 0.274 e. The fourth-order valence-electron chi connectivity index (χ4n) is 3.22. The zero-order valence-corrected chi connectivity index (χ0v) is 14.4. The molecule has 26 heavy (non-hydrogen) atoms. The molecule has 4 rings (SSSR count). The summed E-state index contributed by atoms with van der Waals surface area (Å²) in [7, 11) is 0. The van der Waals surface area contributed by atoms with Gasteiger partial charge >= 0.3 is 0 Å². The van der Waals surface area contributed by atoms with Gasteiger partial charge in [0, 0.05) is 38.3 Å². The van der Waals surface area contributed by atoms with Crippen molar-refractivity contribution in [3.8, 4) is 5.75 Å². The largest absolute Gasteiger partial charge is 0.487 e. The maximum absolute atomic E-state index is 13.1. The van der Waals surface area contributed by atoms with E-state index in [0.717, 1.165) is 39.4 Å². The first-order valence-corrected chi connectivity index (χ1v) is 8.73. The van der Waals surface area contributed by atoms with E-state index >= 15 is 0 Å². The molecule has 2 fully saturated rings. The number of nitrogens with zero attached hydrogens (tertiary/aromatic N) is 3.